The Kier molecular flexibility index (Phi) is 4.32. The van der Waals surface area contributed by atoms with Crippen molar-refractivity contribution < 1.29 is 8.42 Å². The lowest BCUT2D eigenvalue weighted by atomic mass is 9.98. The second-order valence-electron chi connectivity index (χ2n) is 5.60. The summed E-state index contributed by atoms with van der Waals surface area (Å²) < 4.78 is 28.3. The van der Waals surface area contributed by atoms with Gasteiger partial charge >= 0.3 is 10.2 Å². The standard InChI is InChI=1S/C12H20N6O2S/c19-21(20,17-12-13-5-6-15-16-12)18-7-3-10(4-8-18)9-14-11-1-2-11/h5-6,10-11,14H,1-4,7-9H2,(H,13,16,17). The van der Waals surface area contributed by atoms with Crippen molar-refractivity contribution in [1.82, 2.24) is 24.8 Å². The molecule has 1 aliphatic heterocycles. The van der Waals surface area contributed by atoms with Gasteiger partial charge in [0.05, 0.1) is 12.4 Å². The van der Waals surface area contributed by atoms with Crippen molar-refractivity contribution in [3.63, 3.8) is 0 Å². The average Bonchev–Trinajstić information content (AvgIpc) is 3.30. The molecule has 2 fully saturated rings. The van der Waals surface area contributed by atoms with Crippen molar-refractivity contribution in [1.29, 1.82) is 0 Å². The van der Waals surface area contributed by atoms with Crippen LogP contribution < -0.4 is 10.0 Å². The van der Waals surface area contributed by atoms with E-state index in [2.05, 4.69) is 25.2 Å². The van der Waals surface area contributed by atoms with Crippen LogP contribution in [0.5, 0.6) is 0 Å². The van der Waals surface area contributed by atoms with Crippen LogP contribution in [0.25, 0.3) is 0 Å². The van der Waals surface area contributed by atoms with E-state index in [1.165, 1.54) is 29.5 Å². The van der Waals surface area contributed by atoms with Crippen LogP contribution >= 0.6 is 0 Å². The summed E-state index contributed by atoms with van der Waals surface area (Å²) in [6.45, 7) is 2.07. The average molecular weight is 312 g/mol. The molecule has 0 unspecified atom stereocenters. The van der Waals surface area contributed by atoms with Gasteiger partial charge in [0.15, 0.2) is 0 Å². The predicted molar refractivity (Wildman–Crippen MR) is 77.7 cm³/mol. The first-order chi connectivity index (χ1) is 10.1. The molecule has 1 saturated heterocycles. The Hall–Kier alpha value is -1.32. The molecule has 1 aliphatic carbocycles. The Balaban J connectivity index is 1.50. The Morgan fingerprint density at radius 2 is 1.95 bits per heavy atom. The predicted octanol–water partition coefficient (Wildman–Crippen LogP) is -0.00770. The first kappa shape index (κ1) is 14.6. The summed E-state index contributed by atoms with van der Waals surface area (Å²) in [7, 11) is -3.58. The molecule has 0 spiro atoms. The molecule has 8 nitrogen and oxygen atoms in total. The van der Waals surface area contributed by atoms with E-state index in [4.69, 9.17) is 0 Å². The van der Waals surface area contributed by atoms with Gasteiger partial charge in [-0.3, -0.25) is 0 Å². The number of aromatic nitrogens is 3. The van der Waals surface area contributed by atoms with Gasteiger partial charge < -0.3 is 5.32 Å². The van der Waals surface area contributed by atoms with Crippen molar-refractivity contribution >= 4 is 16.2 Å². The summed E-state index contributed by atoms with van der Waals surface area (Å²) in [5.41, 5.74) is 0. The number of hydrogen-bond donors (Lipinski definition) is 2. The zero-order valence-electron chi connectivity index (χ0n) is 11.8. The minimum absolute atomic E-state index is 0.00928. The molecule has 1 aromatic rings. The highest BCUT2D eigenvalue weighted by Gasteiger charge is 2.29. The SMILES string of the molecule is O=S(=O)(Nc1nccnn1)N1CCC(CNC2CC2)CC1. The monoisotopic (exact) mass is 312 g/mol. The summed E-state index contributed by atoms with van der Waals surface area (Å²) in [4.78, 5) is 3.83. The van der Waals surface area contributed by atoms with E-state index in [9.17, 15) is 8.42 Å². The third kappa shape index (κ3) is 4.08. The highest BCUT2D eigenvalue weighted by atomic mass is 32.2. The molecule has 3 rings (SSSR count). The minimum Gasteiger partial charge on any atom is -0.314 e. The highest BCUT2D eigenvalue weighted by Crippen LogP contribution is 2.23. The Morgan fingerprint density at radius 1 is 1.19 bits per heavy atom. The largest absolute Gasteiger partial charge is 0.314 e. The van der Waals surface area contributed by atoms with Crippen LogP contribution in [0.2, 0.25) is 0 Å². The fraction of sp³-hybridized carbons (Fsp3) is 0.750. The quantitative estimate of drug-likeness (QED) is 0.766. The van der Waals surface area contributed by atoms with E-state index >= 15 is 0 Å². The van der Waals surface area contributed by atoms with Gasteiger partial charge in [0.25, 0.3) is 5.95 Å². The van der Waals surface area contributed by atoms with Crippen molar-refractivity contribution in [3.05, 3.63) is 12.4 Å². The summed E-state index contributed by atoms with van der Waals surface area (Å²) >= 11 is 0. The maximum Gasteiger partial charge on any atom is 0.304 e. The summed E-state index contributed by atoms with van der Waals surface area (Å²) in [5, 5.41) is 10.8. The molecule has 1 aromatic heterocycles. The van der Waals surface area contributed by atoms with Crippen LogP contribution in [-0.2, 0) is 10.2 Å². The van der Waals surface area contributed by atoms with Crippen molar-refractivity contribution in [2.24, 2.45) is 5.92 Å². The van der Waals surface area contributed by atoms with Gasteiger partial charge in [0.1, 0.15) is 0 Å². The molecule has 0 bridgehead atoms. The van der Waals surface area contributed by atoms with Crippen LogP contribution in [0.4, 0.5) is 5.95 Å². The molecule has 0 amide bonds. The van der Waals surface area contributed by atoms with Gasteiger partial charge in [-0.05, 0) is 38.1 Å². The zero-order valence-corrected chi connectivity index (χ0v) is 12.6. The van der Waals surface area contributed by atoms with Crippen LogP contribution in [0.15, 0.2) is 12.4 Å². The van der Waals surface area contributed by atoms with Gasteiger partial charge in [0.2, 0.25) is 0 Å². The molecule has 0 aromatic carbocycles. The lowest BCUT2D eigenvalue weighted by molar-refractivity contribution is 0.268. The second kappa shape index (κ2) is 6.20. The number of nitrogens with zero attached hydrogens (tertiary/aromatic N) is 4. The number of nitrogens with one attached hydrogen (secondary N) is 2. The minimum atomic E-state index is -3.58. The third-order valence-corrected chi connectivity index (χ3v) is 5.37. The third-order valence-electron chi connectivity index (χ3n) is 3.89. The smallest absolute Gasteiger partial charge is 0.304 e. The van der Waals surface area contributed by atoms with Crippen LogP contribution in [0.1, 0.15) is 25.7 Å². The normalized spacial score (nSPS) is 21.3. The molecule has 116 valence electrons. The first-order valence-corrected chi connectivity index (χ1v) is 8.72. The van der Waals surface area contributed by atoms with Crippen LogP contribution in [0, 0.1) is 5.92 Å². The highest BCUT2D eigenvalue weighted by molar-refractivity contribution is 7.90. The number of piperidine rings is 1. The fourth-order valence-electron chi connectivity index (χ4n) is 2.45. The van der Waals surface area contributed by atoms with E-state index in [-0.39, 0.29) is 5.95 Å². The first-order valence-electron chi connectivity index (χ1n) is 7.28. The summed E-state index contributed by atoms with van der Waals surface area (Å²) in [6.07, 6.45) is 7.13. The topological polar surface area (TPSA) is 100 Å². The van der Waals surface area contributed by atoms with E-state index in [0.29, 0.717) is 25.0 Å². The summed E-state index contributed by atoms with van der Waals surface area (Å²) in [5.74, 6) is 0.571. The second-order valence-corrected chi connectivity index (χ2v) is 7.27. The van der Waals surface area contributed by atoms with Gasteiger partial charge in [-0.25, -0.2) is 9.71 Å². The molecular formula is C12H20N6O2S. The molecular weight excluding hydrogens is 292 g/mol. The molecule has 1 saturated carbocycles. The number of hydrogen-bond acceptors (Lipinski definition) is 6. The van der Waals surface area contributed by atoms with Gasteiger partial charge in [-0.2, -0.15) is 17.8 Å². The summed E-state index contributed by atoms with van der Waals surface area (Å²) in [6, 6.07) is 0.705. The van der Waals surface area contributed by atoms with E-state index in [1.807, 2.05) is 0 Å². The number of anilines is 1. The van der Waals surface area contributed by atoms with Gasteiger partial charge in [-0.15, -0.1) is 5.10 Å². The Morgan fingerprint density at radius 3 is 2.57 bits per heavy atom. The lowest BCUT2D eigenvalue weighted by Crippen LogP contribution is -2.43. The van der Waals surface area contributed by atoms with Gasteiger partial charge in [0, 0.05) is 19.1 Å². The van der Waals surface area contributed by atoms with E-state index in [1.54, 1.807) is 0 Å². The Bertz CT molecular complexity index is 554. The van der Waals surface area contributed by atoms with E-state index in [0.717, 1.165) is 19.4 Å². The lowest BCUT2D eigenvalue weighted by Gasteiger charge is -2.31. The maximum atomic E-state index is 12.2. The molecule has 0 atom stereocenters. The molecule has 0 radical (unpaired) electrons. The molecule has 2 N–H and O–H groups in total. The van der Waals surface area contributed by atoms with E-state index < -0.39 is 10.2 Å². The zero-order chi connectivity index (χ0) is 14.7. The molecule has 2 heterocycles. The molecule has 9 heteroatoms. The van der Waals surface area contributed by atoms with Crippen molar-refractivity contribution in [3.8, 4) is 0 Å². The number of rotatable bonds is 6. The van der Waals surface area contributed by atoms with Crippen LogP contribution in [-0.4, -0.2) is 53.6 Å². The molecule has 21 heavy (non-hydrogen) atoms. The Labute approximate surface area is 124 Å². The van der Waals surface area contributed by atoms with Crippen molar-refractivity contribution in [2.45, 2.75) is 31.7 Å². The van der Waals surface area contributed by atoms with Gasteiger partial charge in [-0.1, -0.05) is 0 Å². The maximum absolute atomic E-state index is 12.2. The fourth-order valence-corrected chi connectivity index (χ4v) is 3.59. The molecule has 2 aliphatic rings. The van der Waals surface area contributed by atoms with Crippen LogP contribution in [0.3, 0.4) is 0 Å². The van der Waals surface area contributed by atoms with Crippen molar-refractivity contribution in [2.75, 3.05) is 24.4 Å².